The summed E-state index contributed by atoms with van der Waals surface area (Å²) in [5.74, 6) is -0.450. The maximum Gasteiger partial charge on any atom is 0.358 e. The number of carbonyl (C=O) groups excluding carboxylic acids is 1. The number of aromatic nitrogens is 1. The Hall–Kier alpha value is -1.40. The third-order valence-electron chi connectivity index (χ3n) is 2.59. The van der Waals surface area contributed by atoms with Gasteiger partial charge in [-0.2, -0.15) is 0 Å². The molecule has 6 heteroatoms. The number of ether oxygens (including phenoxy) is 1. The second-order valence-electron chi connectivity index (χ2n) is 5.14. The second-order valence-corrected chi connectivity index (χ2v) is 7.25. The molecule has 0 fully saturated rings. The number of hydrogen-bond donors (Lipinski definition) is 1. The van der Waals surface area contributed by atoms with Gasteiger partial charge in [-0.05, 0) is 17.5 Å². The van der Waals surface area contributed by atoms with Crippen LogP contribution >= 0.6 is 22.7 Å². The van der Waals surface area contributed by atoms with Crippen molar-refractivity contribution < 1.29 is 9.53 Å². The molecule has 0 atom stereocenters. The van der Waals surface area contributed by atoms with Crippen LogP contribution in [0.4, 0.5) is 5.13 Å². The number of nitrogen functional groups attached to an aromatic ring is 1. The molecule has 4 nitrogen and oxygen atoms in total. The lowest BCUT2D eigenvalue weighted by Crippen LogP contribution is -2.07. The van der Waals surface area contributed by atoms with Gasteiger partial charge in [0.25, 0.3) is 0 Å². The quantitative estimate of drug-likeness (QED) is 0.861. The van der Waals surface area contributed by atoms with Crippen LogP contribution in [-0.2, 0) is 10.2 Å². The molecule has 102 valence electrons. The lowest BCUT2D eigenvalue weighted by atomic mass is 9.95. The highest BCUT2D eigenvalue weighted by atomic mass is 32.1. The Bertz CT molecular complexity index is 608. The summed E-state index contributed by atoms with van der Waals surface area (Å²) < 4.78 is 4.74. The van der Waals surface area contributed by atoms with Gasteiger partial charge in [-0.3, -0.25) is 0 Å². The van der Waals surface area contributed by atoms with E-state index in [9.17, 15) is 4.79 Å². The van der Waals surface area contributed by atoms with Gasteiger partial charge in [-0.25, -0.2) is 9.78 Å². The van der Waals surface area contributed by atoms with Gasteiger partial charge in [0.1, 0.15) is 0 Å². The Morgan fingerprint density at radius 1 is 1.32 bits per heavy atom. The van der Waals surface area contributed by atoms with Crippen LogP contribution in [0.5, 0.6) is 0 Å². The van der Waals surface area contributed by atoms with Crippen molar-refractivity contribution >= 4 is 33.8 Å². The first kappa shape index (κ1) is 14.0. The molecule has 0 aromatic carbocycles. The second kappa shape index (κ2) is 4.94. The van der Waals surface area contributed by atoms with E-state index in [4.69, 9.17) is 10.5 Å². The predicted molar refractivity (Wildman–Crippen MR) is 79.9 cm³/mol. The summed E-state index contributed by atoms with van der Waals surface area (Å²) in [6.07, 6.45) is 0. The molecule has 0 bridgehead atoms. The molecule has 19 heavy (non-hydrogen) atoms. The molecule has 0 spiro atoms. The Morgan fingerprint density at radius 3 is 2.53 bits per heavy atom. The van der Waals surface area contributed by atoms with Gasteiger partial charge in [-0.1, -0.05) is 32.1 Å². The van der Waals surface area contributed by atoms with Crippen molar-refractivity contribution in [2.24, 2.45) is 0 Å². The highest BCUT2D eigenvalue weighted by Crippen LogP contribution is 2.39. The lowest BCUT2D eigenvalue weighted by Gasteiger charge is -2.15. The molecule has 0 radical (unpaired) electrons. The first-order chi connectivity index (χ1) is 8.82. The minimum atomic E-state index is -0.450. The monoisotopic (exact) mass is 296 g/mol. The van der Waals surface area contributed by atoms with Crippen LogP contribution in [0.15, 0.2) is 12.1 Å². The highest BCUT2D eigenvalue weighted by Gasteiger charge is 2.22. The molecule has 0 aliphatic rings. The van der Waals surface area contributed by atoms with E-state index >= 15 is 0 Å². The van der Waals surface area contributed by atoms with Crippen LogP contribution in [0.3, 0.4) is 0 Å². The van der Waals surface area contributed by atoms with Crippen LogP contribution < -0.4 is 5.73 Å². The van der Waals surface area contributed by atoms with Gasteiger partial charge in [-0.15, -0.1) is 11.3 Å². The Balaban J connectivity index is 2.47. The molecular weight excluding hydrogens is 280 g/mol. The SMILES string of the molecule is COC(=O)c1nc(N)sc1-c1ccc(C(C)(C)C)s1. The number of methoxy groups -OCH3 is 1. The van der Waals surface area contributed by atoms with Crippen molar-refractivity contribution in [3.8, 4) is 9.75 Å². The topological polar surface area (TPSA) is 65.2 Å². The molecular formula is C13H16N2O2S2. The fourth-order valence-corrected chi connectivity index (χ4v) is 3.60. The zero-order chi connectivity index (χ0) is 14.2. The normalized spacial score (nSPS) is 11.6. The number of rotatable bonds is 2. The van der Waals surface area contributed by atoms with Gasteiger partial charge in [0.15, 0.2) is 10.8 Å². The molecule has 2 heterocycles. The van der Waals surface area contributed by atoms with Crippen molar-refractivity contribution in [2.45, 2.75) is 26.2 Å². The summed E-state index contributed by atoms with van der Waals surface area (Å²) in [7, 11) is 1.34. The molecule has 0 amide bonds. The third-order valence-corrected chi connectivity index (χ3v) is 5.17. The average molecular weight is 296 g/mol. The van der Waals surface area contributed by atoms with Gasteiger partial charge in [0, 0.05) is 9.75 Å². The van der Waals surface area contributed by atoms with E-state index in [1.54, 1.807) is 11.3 Å². The average Bonchev–Trinajstić information content (AvgIpc) is 2.92. The van der Waals surface area contributed by atoms with E-state index in [0.717, 1.165) is 9.75 Å². The Morgan fingerprint density at radius 2 is 2.00 bits per heavy atom. The summed E-state index contributed by atoms with van der Waals surface area (Å²) in [6, 6.07) is 4.08. The maximum atomic E-state index is 11.7. The predicted octanol–water partition coefficient (Wildman–Crippen LogP) is 3.54. The first-order valence-electron chi connectivity index (χ1n) is 5.78. The number of thiophene rings is 1. The van der Waals surface area contributed by atoms with Gasteiger partial charge < -0.3 is 10.5 Å². The first-order valence-corrected chi connectivity index (χ1v) is 7.41. The molecule has 2 aromatic heterocycles. The fourth-order valence-electron chi connectivity index (χ4n) is 1.60. The molecule has 0 unspecified atom stereocenters. The summed E-state index contributed by atoms with van der Waals surface area (Å²) in [5, 5.41) is 0.376. The molecule has 0 aliphatic heterocycles. The van der Waals surface area contributed by atoms with Crippen LogP contribution in [0.25, 0.3) is 9.75 Å². The Labute approximate surface area is 120 Å². The number of anilines is 1. The number of esters is 1. The van der Waals surface area contributed by atoms with Crippen LogP contribution in [0.1, 0.15) is 36.1 Å². The maximum absolute atomic E-state index is 11.7. The molecule has 2 rings (SSSR count). The fraction of sp³-hybridized carbons (Fsp3) is 0.385. The number of thiazole rings is 1. The van der Waals surface area contributed by atoms with Crippen LogP contribution in [-0.4, -0.2) is 18.1 Å². The number of nitrogens with two attached hydrogens (primary N) is 1. The molecule has 0 saturated heterocycles. The minimum absolute atomic E-state index is 0.0879. The number of nitrogens with zero attached hydrogens (tertiary/aromatic N) is 1. The van der Waals surface area contributed by atoms with Gasteiger partial charge in [0.05, 0.1) is 12.0 Å². The summed E-state index contributed by atoms with van der Waals surface area (Å²) in [5.41, 5.74) is 6.09. The molecule has 2 N–H and O–H groups in total. The van der Waals surface area contributed by atoms with Crippen LogP contribution in [0.2, 0.25) is 0 Å². The molecule has 0 saturated carbocycles. The zero-order valence-corrected chi connectivity index (χ0v) is 12.9. The zero-order valence-electron chi connectivity index (χ0n) is 11.3. The summed E-state index contributed by atoms with van der Waals surface area (Å²) >= 11 is 2.97. The molecule has 2 aromatic rings. The van der Waals surface area contributed by atoms with E-state index in [1.165, 1.54) is 23.3 Å². The third kappa shape index (κ3) is 2.79. The largest absolute Gasteiger partial charge is 0.464 e. The van der Waals surface area contributed by atoms with E-state index in [2.05, 4.69) is 31.8 Å². The van der Waals surface area contributed by atoms with E-state index in [1.807, 2.05) is 6.07 Å². The van der Waals surface area contributed by atoms with Gasteiger partial charge in [0.2, 0.25) is 0 Å². The van der Waals surface area contributed by atoms with Crippen molar-refractivity contribution in [2.75, 3.05) is 12.8 Å². The Kier molecular flexibility index (Phi) is 3.64. The number of hydrogen-bond acceptors (Lipinski definition) is 6. The number of carbonyl (C=O) groups is 1. The standard InChI is InChI=1S/C13H16N2O2S2/c1-13(2,3)8-6-5-7(18-8)10-9(11(16)17-4)15-12(14)19-10/h5-6H,1-4H3,(H2,14,15). The summed E-state index contributed by atoms with van der Waals surface area (Å²) in [6.45, 7) is 6.47. The van der Waals surface area contributed by atoms with Crippen molar-refractivity contribution in [1.29, 1.82) is 0 Å². The van der Waals surface area contributed by atoms with E-state index in [-0.39, 0.29) is 5.41 Å². The van der Waals surface area contributed by atoms with Crippen molar-refractivity contribution in [1.82, 2.24) is 4.98 Å². The van der Waals surface area contributed by atoms with E-state index < -0.39 is 5.97 Å². The van der Waals surface area contributed by atoms with Crippen molar-refractivity contribution in [3.63, 3.8) is 0 Å². The minimum Gasteiger partial charge on any atom is -0.464 e. The van der Waals surface area contributed by atoms with Crippen molar-refractivity contribution in [3.05, 3.63) is 22.7 Å². The highest BCUT2D eigenvalue weighted by molar-refractivity contribution is 7.24. The molecule has 0 aliphatic carbocycles. The van der Waals surface area contributed by atoms with Crippen LogP contribution in [0, 0.1) is 0 Å². The summed E-state index contributed by atoms with van der Waals surface area (Å²) in [4.78, 5) is 18.8. The lowest BCUT2D eigenvalue weighted by molar-refractivity contribution is 0.0596. The smallest absolute Gasteiger partial charge is 0.358 e. The van der Waals surface area contributed by atoms with E-state index in [0.29, 0.717) is 10.8 Å². The van der Waals surface area contributed by atoms with Gasteiger partial charge >= 0.3 is 5.97 Å².